The molecule has 0 heterocycles. The average Bonchev–Trinajstić information content (AvgIpc) is 2.18. The normalized spacial score (nSPS) is 11.6. The van der Waals surface area contributed by atoms with Crippen molar-refractivity contribution in [2.45, 2.75) is 19.4 Å². The Morgan fingerprint density at radius 3 is 2.93 bits per heavy atom. The maximum Gasteiger partial charge on any atom is 0.123 e. The number of aliphatic hydroxyl groups excluding tert-OH is 1. The number of anilines is 1. The van der Waals surface area contributed by atoms with Gasteiger partial charge in [0.05, 0.1) is 6.10 Å². The molecule has 1 aromatic rings. The fourth-order valence-corrected chi connectivity index (χ4v) is 1.14. The minimum Gasteiger partial charge on any atom is -0.398 e. The lowest BCUT2D eigenvalue weighted by Crippen LogP contribution is -2.02. The van der Waals surface area contributed by atoms with Gasteiger partial charge in [-0.05, 0) is 25.1 Å². The van der Waals surface area contributed by atoms with Gasteiger partial charge in [-0.15, -0.1) is 11.8 Å². The van der Waals surface area contributed by atoms with E-state index in [1.54, 1.807) is 6.92 Å². The molecule has 0 aliphatic carbocycles. The maximum absolute atomic E-state index is 12.8. The summed E-state index contributed by atoms with van der Waals surface area (Å²) in [5.41, 5.74) is 6.37. The van der Waals surface area contributed by atoms with Gasteiger partial charge in [-0.2, -0.15) is 0 Å². The molecule has 1 rings (SSSR count). The molecule has 0 aliphatic rings. The Hall–Kier alpha value is -1.53. The number of benzene rings is 1. The third-order valence-corrected chi connectivity index (χ3v) is 1.88. The van der Waals surface area contributed by atoms with Crippen molar-refractivity contribution in [1.82, 2.24) is 0 Å². The molecule has 0 fully saturated rings. The molecule has 2 nitrogen and oxygen atoms in total. The first-order valence-electron chi connectivity index (χ1n) is 4.27. The highest BCUT2D eigenvalue weighted by atomic mass is 19.1. The largest absolute Gasteiger partial charge is 0.398 e. The Morgan fingerprint density at radius 2 is 2.29 bits per heavy atom. The lowest BCUT2D eigenvalue weighted by Gasteiger charge is -2.10. The summed E-state index contributed by atoms with van der Waals surface area (Å²) in [7, 11) is 0. The zero-order chi connectivity index (χ0) is 10.6. The first-order valence-corrected chi connectivity index (χ1v) is 4.27. The van der Waals surface area contributed by atoms with Crippen molar-refractivity contribution < 1.29 is 9.50 Å². The molecular weight excluding hydrogens is 181 g/mol. The van der Waals surface area contributed by atoms with Crippen LogP contribution in [-0.2, 0) is 0 Å². The van der Waals surface area contributed by atoms with Crippen LogP contribution in [0.5, 0.6) is 0 Å². The third kappa shape index (κ3) is 2.48. The van der Waals surface area contributed by atoms with Crippen LogP contribution in [0.15, 0.2) is 18.2 Å². The number of aliphatic hydroxyl groups is 1. The van der Waals surface area contributed by atoms with E-state index in [9.17, 15) is 9.50 Å². The summed E-state index contributed by atoms with van der Waals surface area (Å²) in [5, 5.41) is 9.61. The number of rotatable bonds is 2. The van der Waals surface area contributed by atoms with E-state index in [1.165, 1.54) is 18.2 Å². The topological polar surface area (TPSA) is 46.2 Å². The smallest absolute Gasteiger partial charge is 0.123 e. The van der Waals surface area contributed by atoms with Crippen molar-refractivity contribution >= 4 is 5.69 Å². The molecule has 0 bridgehead atoms. The van der Waals surface area contributed by atoms with Gasteiger partial charge in [0.15, 0.2) is 0 Å². The third-order valence-electron chi connectivity index (χ3n) is 1.88. The van der Waals surface area contributed by atoms with Crippen LogP contribution in [0.4, 0.5) is 10.1 Å². The molecule has 0 saturated carbocycles. The van der Waals surface area contributed by atoms with Crippen LogP contribution < -0.4 is 5.73 Å². The molecular formula is C11H12FNO. The van der Waals surface area contributed by atoms with E-state index < -0.39 is 11.9 Å². The van der Waals surface area contributed by atoms with E-state index in [4.69, 9.17) is 5.73 Å². The summed E-state index contributed by atoms with van der Waals surface area (Å²) < 4.78 is 12.8. The SMILES string of the molecule is CC#CCC(O)c1cc(F)ccc1N. The second-order valence-corrected chi connectivity index (χ2v) is 2.92. The van der Waals surface area contributed by atoms with E-state index in [0.717, 1.165) is 0 Å². The van der Waals surface area contributed by atoms with E-state index in [-0.39, 0.29) is 6.42 Å². The average molecular weight is 193 g/mol. The summed E-state index contributed by atoms with van der Waals surface area (Å²) in [4.78, 5) is 0. The van der Waals surface area contributed by atoms with Gasteiger partial charge in [-0.1, -0.05) is 0 Å². The molecule has 1 unspecified atom stereocenters. The summed E-state index contributed by atoms with van der Waals surface area (Å²) >= 11 is 0. The fraction of sp³-hybridized carbons (Fsp3) is 0.273. The molecule has 1 atom stereocenters. The van der Waals surface area contributed by atoms with Gasteiger partial charge in [-0.25, -0.2) is 4.39 Å². The second-order valence-electron chi connectivity index (χ2n) is 2.92. The number of hydrogen-bond acceptors (Lipinski definition) is 2. The van der Waals surface area contributed by atoms with Gasteiger partial charge in [0, 0.05) is 17.7 Å². The molecule has 0 amide bonds. The first-order chi connectivity index (χ1) is 6.65. The highest BCUT2D eigenvalue weighted by molar-refractivity contribution is 5.48. The minimum absolute atomic E-state index is 0.268. The lowest BCUT2D eigenvalue weighted by atomic mass is 10.0. The predicted octanol–water partition coefficient (Wildman–Crippen LogP) is 1.85. The van der Waals surface area contributed by atoms with Crippen LogP contribution in [0.1, 0.15) is 25.0 Å². The van der Waals surface area contributed by atoms with Crippen molar-refractivity contribution in [3.63, 3.8) is 0 Å². The van der Waals surface area contributed by atoms with Crippen LogP contribution in [0.25, 0.3) is 0 Å². The van der Waals surface area contributed by atoms with Crippen molar-refractivity contribution in [3.8, 4) is 11.8 Å². The van der Waals surface area contributed by atoms with Gasteiger partial charge in [0.2, 0.25) is 0 Å². The summed E-state index contributed by atoms with van der Waals surface area (Å²) in [5.74, 6) is 4.97. The van der Waals surface area contributed by atoms with Gasteiger partial charge in [0.25, 0.3) is 0 Å². The summed E-state index contributed by atoms with van der Waals surface area (Å²) in [6.45, 7) is 1.68. The molecule has 0 saturated heterocycles. The highest BCUT2D eigenvalue weighted by Gasteiger charge is 2.10. The number of halogens is 1. The Kier molecular flexibility index (Phi) is 3.49. The summed E-state index contributed by atoms with van der Waals surface area (Å²) in [6, 6.07) is 3.93. The summed E-state index contributed by atoms with van der Waals surface area (Å²) in [6.07, 6.45) is -0.553. The monoisotopic (exact) mass is 193 g/mol. The maximum atomic E-state index is 12.8. The zero-order valence-electron chi connectivity index (χ0n) is 7.92. The van der Waals surface area contributed by atoms with Crippen LogP contribution in [-0.4, -0.2) is 5.11 Å². The minimum atomic E-state index is -0.821. The quantitative estimate of drug-likeness (QED) is 0.556. The second kappa shape index (κ2) is 4.64. The van der Waals surface area contributed by atoms with Crippen molar-refractivity contribution in [3.05, 3.63) is 29.6 Å². The van der Waals surface area contributed by atoms with Crippen LogP contribution in [0, 0.1) is 17.7 Å². The first kappa shape index (κ1) is 10.6. The Morgan fingerprint density at radius 1 is 1.57 bits per heavy atom. The fourth-order valence-electron chi connectivity index (χ4n) is 1.14. The standard InChI is InChI=1S/C11H12FNO/c1-2-3-4-11(14)9-7-8(12)5-6-10(9)13/h5-7,11,14H,4,13H2,1H3. The highest BCUT2D eigenvalue weighted by Crippen LogP contribution is 2.23. The Balaban J connectivity index is 2.91. The van der Waals surface area contributed by atoms with Gasteiger partial charge < -0.3 is 10.8 Å². The number of nitrogen functional groups attached to an aromatic ring is 1. The van der Waals surface area contributed by atoms with Crippen LogP contribution >= 0.6 is 0 Å². The Labute approximate surface area is 82.6 Å². The zero-order valence-corrected chi connectivity index (χ0v) is 7.92. The van der Waals surface area contributed by atoms with Crippen molar-refractivity contribution in [1.29, 1.82) is 0 Å². The van der Waals surface area contributed by atoms with E-state index in [0.29, 0.717) is 11.3 Å². The molecule has 14 heavy (non-hydrogen) atoms. The van der Waals surface area contributed by atoms with Gasteiger partial charge in [0.1, 0.15) is 5.82 Å². The lowest BCUT2D eigenvalue weighted by molar-refractivity contribution is 0.184. The van der Waals surface area contributed by atoms with Crippen LogP contribution in [0.3, 0.4) is 0 Å². The van der Waals surface area contributed by atoms with Gasteiger partial charge >= 0.3 is 0 Å². The Bertz CT molecular complexity index is 379. The van der Waals surface area contributed by atoms with Crippen molar-refractivity contribution in [2.75, 3.05) is 5.73 Å². The van der Waals surface area contributed by atoms with E-state index in [2.05, 4.69) is 11.8 Å². The molecule has 0 spiro atoms. The van der Waals surface area contributed by atoms with Crippen LogP contribution in [0.2, 0.25) is 0 Å². The molecule has 3 N–H and O–H groups in total. The molecule has 3 heteroatoms. The molecule has 1 aromatic carbocycles. The number of hydrogen-bond donors (Lipinski definition) is 2. The van der Waals surface area contributed by atoms with Crippen molar-refractivity contribution in [2.24, 2.45) is 0 Å². The molecule has 74 valence electrons. The van der Waals surface area contributed by atoms with Gasteiger partial charge in [-0.3, -0.25) is 0 Å². The number of nitrogens with two attached hydrogens (primary N) is 1. The molecule has 0 aliphatic heterocycles. The predicted molar refractivity (Wildman–Crippen MR) is 53.8 cm³/mol. The molecule has 0 radical (unpaired) electrons. The van der Waals surface area contributed by atoms with E-state index in [1.807, 2.05) is 0 Å². The van der Waals surface area contributed by atoms with E-state index >= 15 is 0 Å². The molecule has 0 aromatic heterocycles.